The molecule has 0 saturated carbocycles. The van der Waals surface area contributed by atoms with E-state index < -0.39 is 0 Å². The molecule has 0 rings (SSSR count). The Kier molecular flexibility index (Phi) is 4.24. The second kappa shape index (κ2) is 4.45. The third-order valence-corrected chi connectivity index (χ3v) is 2.64. The van der Waals surface area contributed by atoms with Gasteiger partial charge in [0.05, 0.1) is 13.5 Å². The van der Waals surface area contributed by atoms with Gasteiger partial charge < -0.3 is 10.5 Å². The summed E-state index contributed by atoms with van der Waals surface area (Å²) in [6, 6.07) is 0. The van der Waals surface area contributed by atoms with Gasteiger partial charge in [-0.1, -0.05) is 20.8 Å². The minimum atomic E-state index is -0.184. The molecule has 3 nitrogen and oxygen atoms in total. The van der Waals surface area contributed by atoms with E-state index in [2.05, 4.69) is 18.6 Å². The number of carbonyl (C=O) groups excluding carboxylic acids is 1. The molecule has 0 amide bonds. The molecule has 0 heterocycles. The van der Waals surface area contributed by atoms with Gasteiger partial charge in [0.2, 0.25) is 0 Å². The Morgan fingerprint density at radius 1 is 1.58 bits per heavy atom. The molecule has 0 aromatic rings. The Morgan fingerprint density at radius 3 is 2.33 bits per heavy atom. The smallest absolute Gasteiger partial charge is 0.306 e. The molecule has 3 heteroatoms. The first-order valence-corrected chi connectivity index (χ1v) is 4.23. The van der Waals surface area contributed by atoms with Gasteiger partial charge in [0.1, 0.15) is 0 Å². The van der Waals surface area contributed by atoms with Crippen LogP contribution < -0.4 is 5.73 Å². The van der Waals surface area contributed by atoms with Crippen LogP contribution in [0.4, 0.5) is 0 Å². The predicted molar refractivity (Wildman–Crippen MR) is 48.6 cm³/mol. The normalized spacial score (nSPS) is 15.8. The highest BCUT2D eigenvalue weighted by molar-refractivity contribution is 5.70. The monoisotopic (exact) mass is 173 g/mol. The minimum absolute atomic E-state index is 0.132. The summed E-state index contributed by atoms with van der Waals surface area (Å²) in [5.41, 5.74) is 5.47. The van der Waals surface area contributed by atoms with E-state index in [0.717, 1.165) is 0 Å². The van der Waals surface area contributed by atoms with E-state index in [0.29, 0.717) is 18.9 Å². The molecule has 0 radical (unpaired) electrons. The predicted octanol–water partition coefficient (Wildman–Crippen LogP) is 1.17. The number of methoxy groups -OCH3 is 1. The number of carbonyl (C=O) groups is 1. The van der Waals surface area contributed by atoms with Gasteiger partial charge in [0.15, 0.2) is 0 Å². The fourth-order valence-electron chi connectivity index (χ4n) is 0.914. The maximum absolute atomic E-state index is 11.0. The summed E-state index contributed by atoms with van der Waals surface area (Å²) in [5, 5.41) is 0. The lowest BCUT2D eigenvalue weighted by molar-refractivity contribution is -0.143. The Labute approximate surface area is 74.3 Å². The van der Waals surface area contributed by atoms with Crippen molar-refractivity contribution in [3.05, 3.63) is 0 Å². The molecule has 0 aromatic heterocycles. The van der Waals surface area contributed by atoms with Crippen molar-refractivity contribution >= 4 is 5.97 Å². The van der Waals surface area contributed by atoms with Gasteiger partial charge in [-0.15, -0.1) is 0 Å². The zero-order valence-electron chi connectivity index (χ0n) is 8.39. The zero-order chi connectivity index (χ0) is 9.78. The number of hydrogen-bond acceptors (Lipinski definition) is 3. The van der Waals surface area contributed by atoms with Crippen molar-refractivity contribution in [2.75, 3.05) is 13.7 Å². The first-order chi connectivity index (χ1) is 5.46. The van der Waals surface area contributed by atoms with Crippen LogP contribution in [0.1, 0.15) is 27.2 Å². The summed E-state index contributed by atoms with van der Waals surface area (Å²) in [6.07, 6.45) is 0.400. The molecule has 0 bridgehead atoms. The summed E-state index contributed by atoms with van der Waals surface area (Å²) < 4.78 is 4.60. The Bertz CT molecular complexity index is 157. The molecule has 1 atom stereocenters. The molecular weight excluding hydrogens is 154 g/mol. The zero-order valence-corrected chi connectivity index (χ0v) is 8.39. The van der Waals surface area contributed by atoms with Crippen molar-refractivity contribution in [3.8, 4) is 0 Å². The van der Waals surface area contributed by atoms with Gasteiger partial charge >= 0.3 is 5.97 Å². The number of esters is 1. The van der Waals surface area contributed by atoms with Gasteiger partial charge in [-0.05, 0) is 17.9 Å². The summed E-state index contributed by atoms with van der Waals surface area (Å²) in [6.45, 7) is 6.65. The molecule has 72 valence electrons. The molecule has 0 fully saturated rings. The van der Waals surface area contributed by atoms with E-state index >= 15 is 0 Å². The SMILES string of the molecule is COC(=O)CC(C)(CN)C(C)C. The van der Waals surface area contributed by atoms with Crippen molar-refractivity contribution in [1.29, 1.82) is 0 Å². The quantitative estimate of drug-likeness (QED) is 0.649. The van der Waals surface area contributed by atoms with E-state index in [9.17, 15) is 4.79 Å². The second-order valence-corrected chi connectivity index (χ2v) is 3.77. The molecular formula is C9H19NO2. The van der Waals surface area contributed by atoms with E-state index in [1.807, 2.05) is 6.92 Å². The highest BCUT2D eigenvalue weighted by Gasteiger charge is 2.29. The summed E-state index contributed by atoms with van der Waals surface area (Å²) in [4.78, 5) is 11.0. The third-order valence-electron chi connectivity index (χ3n) is 2.64. The number of rotatable bonds is 4. The first kappa shape index (κ1) is 11.4. The maximum atomic E-state index is 11.0. The van der Waals surface area contributed by atoms with Crippen LogP contribution in [0, 0.1) is 11.3 Å². The average Bonchev–Trinajstić information content (AvgIpc) is 2.03. The second-order valence-electron chi connectivity index (χ2n) is 3.77. The van der Waals surface area contributed by atoms with Crippen LogP contribution >= 0.6 is 0 Å². The van der Waals surface area contributed by atoms with Crippen LogP contribution in [0.5, 0.6) is 0 Å². The molecule has 0 spiro atoms. The van der Waals surface area contributed by atoms with Crippen LogP contribution in [0.3, 0.4) is 0 Å². The van der Waals surface area contributed by atoms with E-state index in [1.165, 1.54) is 7.11 Å². The number of hydrogen-bond donors (Lipinski definition) is 1. The van der Waals surface area contributed by atoms with Gasteiger partial charge in [0.25, 0.3) is 0 Å². The third kappa shape index (κ3) is 2.81. The lowest BCUT2D eigenvalue weighted by Gasteiger charge is -2.30. The topological polar surface area (TPSA) is 52.3 Å². The van der Waals surface area contributed by atoms with Crippen molar-refractivity contribution in [3.63, 3.8) is 0 Å². The number of nitrogens with two attached hydrogens (primary N) is 1. The van der Waals surface area contributed by atoms with Gasteiger partial charge in [-0.25, -0.2) is 0 Å². The average molecular weight is 173 g/mol. The highest BCUT2D eigenvalue weighted by atomic mass is 16.5. The fourth-order valence-corrected chi connectivity index (χ4v) is 0.914. The molecule has 0 aliphatic carbocycles. The van der Waals surface area contributed by atoms with E-state index in [-0.39, 0.29) is 11.4 Å². The molecule has 0 aliphatic heterocycles. The highest BCUT2D eigenvalue weighted by Crippen LogP contribution is 2.29. The largest absolute Gasteiger partial charge is 0.469 e. The lowest BCUT2D eigenvalue weighted by atomic mass is 9.76. The van der Waals surface area contributed by atoms with Crippen molar-refractivity contribution in [1.82, 2.24) is 0 Å². The van der Waals surface area contributed by atoms with Crippen molar-refractivity contribution in [2.45, 2.75) is 27.2 Å². The van der Waals surface area contributed by atoms with Crippen LogP contribution in [0.15, 0.2) is 0 Å². The van der Waals surface area contributed by atoms with Crippen molar-refractivity contribution in [2.24, 2.45) is 17.1 Å². The van der Waals surface area contributed by atoms with E-state index in [1.54, 1.807) is 0 Å². The van der Waals surface area contributed by atoms with E-state index in [4.69, 9.17) is 5.73 Å². The van der Waals surface area contributed by atoms with Crippen LogP contribution in [0.2, 0.25) is 0 Å². The summed E-state index contributed by atoms with van der Waals surface area (Å²) >= 11 is 0. The fraction of sp³-hybridized carbons (Fsp3) is 0.889. The van der Waals surface area contributed by atoms with Crippen LogP contribution in [-0.2, 0) is 9.53 Å². The Hall–Kier alpha value is -0.570. The molecule has 0 aromatic carbocycles. The van der Waals surface area contributed by atoms with Gasteiger partial charge in [-0.3, -0.25) is 4.79 Å². The van der Waals surface area contributed by atoms with Crippen molar-refractivity contribution < 1.29 is 9.53 Å². The first-order valence-electron chi connectivity index (χ1n) is 4.23. The van der Waals surface area contributed by atoms with Crippen LogP contribution in [-0.4, -0.2) is 19.6 Å². The molecule has 0 saturated heterocycles. The molecule has 2 N–H and O–H groups in total. The standard InChI is InChI=1S/C9H19NO2/c1-7(2)9(3,6-10)5-8(11)12-4/h7H,5-6,10H2,1-4H3. The molecule has 12 heavy (non-hydrogen) atoms. The minimum Gasteiger partial charge on any atom is -0.469 e. The molecule has 1 unspecified atom stereocenters. The Balaban J connectivity index is 4.23. The summed E-state index contributed by atoms with van der Waals surface area (Å²) in [7, 11) is 1.40. The Morgan fingerprint density at radius 2 is 2.08 bits per heavy atom. The molecule has 0 aliphatic rings. The number of ether oxygens (including phenoxy) is 1. The van der Waals surface area contributed by atoms with Gasteiger partial charge in [0, 0.05) is 0 Å². The summed E-state index contributed by atoms with van der Waals surface area (Å²) in [5.74, 6) is 0.207. The van der Waals surface area contributed by atoms with Gasteiger partial charge in [-0.2, -0.15) is 0 Å². The maximum Gasteiger partial charge on any atom is 0.306 e. The van der Waals surface area contributed by atoms with Crippen LogP contribution in [0.25, 0.3) is 0 Å². The lowest BCUT2D eigenvalue weighted by Crippen LogP contribution is -2.35.